The lowest BCUT2D eigenvalue weighted by Crippen LogP contribution is -2.43. The molecule has 0 spiro atoms. The molecule has 5 nitrogen and oxygen atoms in total. The minimum atomic E-state index is -0.159. The quantitative estimate of drug-likeness (QED) is 0.651. The molecular weight excluding hydrogens is 376 g/mol. The molecule has 2 aromatic carbocycles. The number of ether oxygens (including phenoxy) is 1. The van der Waals surface area contributed by atoms with Gasteiger partial charge in [0.05, 0.1) is 0 Å². The first-order chi connectivity index (χ1) is 14.5. The Morgan fingerprint density at radius 2 is 1.63 bits per heavy atom. The molecule has 2 N–H and O–H groups in total. The van der Waals surface area contributed by atoms with Gasteiger partial charge in [-0.1, -0.05) is 57.0 Å². The van der Waals surface area contributed by atoms with E-state index in [4.69, 9.17) is 4.74 Å². The van der Waals surface area contributed by atoms with E-state index in [0.29, 0.717) is 24.1 Å². The minimum absolute atomic E-state index is 0.0410. The summed E-state index contributed by atoms with van der Waals surface area (Å²) in [7, 11) is 0. The molecule has 160 valence electrons. The first-order valence-corrected chi connectivity index (χ1v) is 10.9. The molecule has 2 aromatic rings. The van der Waals surface area contributed by atoms with E-state index in [1.807, 2.05) is 54.6 Å². The zero-order valence-corrected chi connectivity index (χ0v) is 17.9. The molecule has 1 aliphatic carbocycles. The second-order valence-corrected chi connectivity index (χ2v) is 8.29. The molecule has 3 rings (SSSR count). The van der Waals surface area contributed by atoms with Crippen molar-refractivity contribution in [2.45, 2.75) is 58.6 Å². The molecule has 30 heavy (non-hydrogen) atoms. The fourth-order valence-electron chi connectivity index (χ4n) is 3.89. The number of anilines is 1. The maximum atomic E-state index is 12.2. The molecule has 5 heteroatoms. The number of nitrogens with one attached hydrogen (secondary N) is 2. The van der Waals surface area contributed by atoms with Gasteiger partial charge in [0.15, 0.2) is 0 Å². The summed E-state index contributed by atoms with van der Waals surface area (Å²) in [6, 6.07) is 17.5. The number of hydrogen-bond acceptors (Lipinski definition) is 3. The Labute approximate surface area is 179 Å². The average Bonchev–Trinajstić information content (AvgIpc) is 2.76. The zero-order chi connectivity index (χ0) is 21.3. The molecule has 0 aliphatic heterocycles. The fraction of sp³-hybridized carbons (Fsp3) is 0.440. The standard InChI is InChI=1S/C25H32N2O3/c1-18-7-6-10-23(19(18)2)27-25(29)16-15-24(28)26-21-11-13-22(14-12-21)30-17-20-8-4-3-5-9-20/h3-5,8-9,11-14,18-19,23H,6-7,10,15-17H2,1-2H3,(H,26,28)(H,27,29)/t18-,19+,23-/m0/s1. The van der Waals surface area contributed by atoms with Gasteiger partial charge < -0.3 is 15.4 Å². The van der Waals surface area contributed by atoms with Gasteiger partial charge in [-0.3, -0.25) is 9.59 Å². The highest BCUT2D eigenvalue weighted by molar-refractivity contribution is 5.93. The average molecular weight is 409 g/mol. The summed E-state index contributed by atoms with van der Waals surface area (Å²) in [5.41, 5.74) is 1.80. The zero-order valence-electron chi connectivity index (χ0n) is 17.9. The topological polar surface area (TPSA) is 67.4 Å². The van der Waals surface area contributed by atoms with Crippen molar-refractivity contribution >= 4 is 17.5 Å². The van der Waals surface area contributed by atoms with Crippen molar-refractivity contribution in [3.8, 4) is 5.75 Å². The van der Waals surface area contributed by atoms with E-state index in [2.05, 4.69) is 24.5 Å². The number of carbonyl (C=O) groups is 2. The van der Waals surface area contributed by atoms with Crippen LogP contribution >= 0.6 is 0 Å². The summed E-state index contributed by atoms with van der Waals surface area (Å²) >= 11 is 0. The van der Waals surface area contributed by atoms with Gasteiger partial charge in [-0.05, 0) is 48.1 Å². The highest BCUT2D eigenvalue weighted by Crippen LogP contribution is 2.29. The van der Waals surface area contributed by atoms with Crippen LogP contribution in [0.1, 0.15) is 51.5 Å². The van der Waals surface area contributed by atoms with Crippen LogP contribution in [0.15, 0.2) is 54.6 Å². The Balaban J connectivity index is 1.38. The van der Waals surface area contributed by atoms with Crippen LogP contribution in [-0.4, -0.2) is 17.9 Å². The summed E-state index contributed by atoms with van der Waals surface area (Å²) in [6.07, 6.45) is 3.80. The normalized spacial score (nSPS) is 20.9. The highest BCUT2D eigenvalue weighted by Gasteiger charge is 2.28. The molecule has 2 amide bonds. The molecule has 0 radical (unpaired) electrons. The molecular formula is C25H32N2O3. The van der Waals surface area contributed by atoms with Crippen LogP contribution in [0.4, 0.5) is 5.69 Å². The molecule has 0 unspecified atom stereocenters. The Kier molecular flexibility index (Phi) is 7.89. The van der Waals surface area contributed by atoms with Gasteiger partial charge in [0.25, 0.3) is 0 Å². The van der Waals surface area contributed by atoms with Crippen molar-refractivity contribution in [2.75, 3.05) is 5.32 Å². The summed E-state index contributed by atoms with van der Waals surface area (Å²) in [6.45, 7) is 4.95. The Morgan fingerprint density at radius 3 is 2.37 bits per heavy atom. The largest absolute Gasteiger partial charge is 0.489 e. The molecule has 0 bridgehead atoms. The molecule has 0 heterocycles. The van der Waals surface area contributed by atoms with E-state index in [-0.39, 0.29) is 30.7 Å². The van der Waals surface area contributed by atoms with Crippen LogP contribution in [0.25, 0.3) is 0 Å². The maximum Gasteiger partial charge on any atom is 0.224 e. The highest BCUT2D eigenvalue weighted by atomic mass is 16.5. The van der Waals surface area contributed by atoms with Crippen LogP contribution < -0.4 is 15.4 Å². The summed E-state index contributed by atoms with van der Waals surface area (Å²) in [5, 5.41) is 5.96. The van der Waals surface area contributed by atoms with Gasteiger partial charge in [0, 0.05) is 24.6 Å². The van der Waals surface area contributed by atoms with Crippen molar-refractivity contribution in [3.05, 3.63) is 60.2 Å². The van der Waals surface area contributed by atoms with Gasteiger partial charge in [0.2, 0.25) is 11.8 Å². The third kappa shape index (κ3) is 6.61. The van der Waals surface area contributed by atoms with Gasteiger partial charge in [-0.2, -0.15) is 0 Å². The van der Waals surface area contributed by atoms with Crippen LogP contribution in [0.3, 0.4) is 0 Å². The molecule has 1 saturated carbocycles. The van der Waals surface area contributed by atoms with Gasteiger partial charge in [0.1, 0.15) is 12.4 Å². The Morgan fingerprint density at radius 1 is 0.933 bits per heavy atom. The third-order valence-electron chi connectivity index (χ3n) is 6.02. The van der Waals surface area contributed by atoms with Crippen LogP contribution in [0.5, 0.6) is 5.75 Å². The molecule has 0 saturated heterocycles. The SMILES string of the molecule is C[C@H]1[C@@H](NC(=O)CCC(=O)Nc2ccc(OCc3ccccc3)cc2)CCC[C@@H]1C. The predicted octanol–water partition coefficient (Wildman–Crippen LogP) is 4.93. The molecule has 1 fully saturated rings. The van der Waals surface area contributed by atoms with Crippen molar-refractivity contribution in [2.24, 2.45) is 11.8 Å². The van der Waals surface area contributed by atoms with E-state index in [9.17, 15) is 9.59 Å². The second kappa shape index (κ2) is 10.8. The maximum absolute atomic E-state index is 12.2. The predicted molar refractivity (Wildman–Crippen MR) is 119 cm³/mol. The Bertz CT molecular complexity index is 820. The van der Waals surface area contributed by atoms with E-state index in [1.165, 1.54) is 6.42 Å². The van der Waals surface area contributed by atoms with Gasteiger partial charge in [-0.15, -0.1) is 0 Å². The molecule has 0 aromatic heterocycles. The number of amides is 2. The van der Waals surface area contributed by atoms with E-state index in [0.717, 1.165) is 24.2 Å². The van der Waals surface area contributed by atoms with Crippen molar-refractivity contribution in [1.82, 2.24) is 5.32 Å². The first-order valence-electron chi connectivity index (χ1n) is 10.9. The summed E-state index contributed by atoms with van der Waals surface area (Å²) < 4.78 is 5.75. The van der Waals surface area contributed by atoms with E-state index < -0.39 is 0 Å². The van der Waals surface area contributed by atoms with Crippen molar-refractivity contribution < 1.29 is 14.3 Å². The van der Waals surface area contributed by atoms with Gasteiger partial charge >= 0.3 is 0 Å². The van der Waals surface area contributed by atoms with Crippen LogP contribution in [-0.2, 0) is 16.2 Å². The van der Waals surface area contributed by atoms with Crippen molar-refractivity contribution in [3.63, 3.8) is 0 Å². The minimum Gasteiger partial charge on any atom is -0.489 e. The number of rotatable bonds is 8. The second-order valence-electron chi connectivity index (χ2n) is 8.29. The Hall–Kier alpha value is -2.82. The molecule has 3 atom stereocenters. The summed E-state index contributed by atoms with van der Waals surface area (Å²) in [5.74, 6) is 1.66. The number of benzene rings is 2. The summed E-state index contributed by atoms with van der Waals surface area (Å²) in [4.78, 5) is 24.4. The lowest BCUT2D eigenvalue weighted by atomic mass is 9.78. The monoisotopic (exact) mass is 408 g/mol. The third-order valence-corrected chi connectivity index (χ3v) is 6.02. The fourth-order valence-corrected chi connectivity index (χ4v) is 3.89. The first kappa shape index (κ1) is 21.9. The van der Waals surface area contributed by atoms with Gasteiger partial charge in [-0.25, -0.2) is 0 Å². The van der Waals surface area contributed by atoms with E-state index >= 15 is 0 Å². The molecule has 1 aliphatic rings. The lowest BCUT2D eigenvalue weighted by molar-refractivity contribution is -0.125. The lowest BCUT2D eigenvalue weighted by Gasteiger charge is -2.34. The van der Waals surface area contributed by atoms with Crippen molar-refractivity contribution in [1.29, 1.82) is 0 Å². The van der Waals surface area contributed by atoms with Crippen LogP contribution in [0, 0.1) is 11.8 Å². The number of carbonyl (C=O) groups excluding carboxylic acids is 2. The van der Waals surface area contributed by atoms with E-state index in [1.54, 1.807) is 0 Å². The number of hydrogen-bond donors (Lipinski definition) is 2. The van der Waals surface area contributed by atoms with Crippen LogP contribution in [0.2, 0.25) is 0 Å². The smallest absolute Gasteiger partial charge is 0.224 e.